The lowest BCUT2D eigenvalue weighted by Crippen LogP contribution is -2.12. The summed E-state index contributed by atoms with van der Waals surface area (Å²) >= 11 is 0. The molecule has 20 heavy (non-hydrogen) atoms. The second kappa shape index (κ2) is 6.61. The molecule has 0 spiro atoms. The highest BCUT2D eigenvalue weighted by Crippen LogP contribution is 2.16. The number of hydrogen-bond donors (Lipinski definition) is 2. The lowest BCUT2D eigenvalue weighted by atomic mass is 10.2. The van der Waals surface area contributed by atoms with Crippen molar-refractivity contribution >= 4 is 17.3 Å². The number of anilines is 2. The van der Waals surface area contributed by atoms with Gasteiger partial charge in [-0.3, -0.25) is 4.79 Å². The van der Waals surface area contributed by atoms with Crippen LogP contribution in [0.4, 0.5) is 11.4 Å². The Morgan fingerprint density at radius 2 is 1.95 bits per heavy atom. The van der Waals surface area contributed by atoms with Crippen LogP contribution in [-0.4, -0.2) is 12.5 Å². The van der Waals surface area contributed by atoms with E-state index < -0.39 is 0 Å². The van der Waals surface area contributed by atoms with Gasteiger partial charge in [0.2, 0.25) is 0 Å². The minimum absolute atomic E-state index is 0.170. The van der Waals surface area contributed by atoms with Crippen LogP contribution in [-0.2, 0) is 0 Å². The van der Waals surface area contributed by atoms with Crippen molar-refractivity contribution in [1.29, 1.82) is 0 Å². The summed E-state index contributed by atoms with van der Waals surface area (Å²) in [6.07, 6.45) is 0.932. The van der Waals surface area contributed by atoms with Crippen LogP contribution in [0.2, 0.25) is 0 Å². The van der Waals surface area contributed by atoms with Crippen LogP contribution in [0.1, 0.15) is 23.7 Å². The quantitative estimate of drug-likeness (QED) is 0.819. The number of nitrogen functional groups attached to an aromatic ring is 1. The van der Waals surface area contributed by atoms with Gasteiger partial charge in [0.15, 0.2) is 0 Å². The van der Waals surface area contributed by atoms with E-state index in [1.807, 2.05) is 19.1 Å². The van der Waals surface area contributed by atoms with Gasteiger partial charge in [0.25, 0.3) is 5.91 Å². The summed E-state index contributed by atoms with van der Waals surface area (Å²) in [5.41, 5.74) is 7.55. The molecule has 0 saturated heterocycles. The van der Waals surface area contributed by atoms with Crippen molar-refractivity contribution in [2.24, 2.45) is 0 Å². The molecule has 4 nitrogen and oxygen atoms in total. The average Bonchev–Trinajstić information content (AvgIpc) is 2.48. The molecule has 0 heterocycles. The van der Waals surface area contributed by atoms with E-state index in [9.17, 15) is 4.79 Å². The molecule has 0 saturated carbocycles. The summed E-state index contributed by atoms with van der Waals surface area (Å²) in [7, 11) is 0. The van der Waals surface area contributed by atoms with E-state index in [-0.39, 0.29) is 5.91 Å². The first-order chi connectivity index (χ1) is 9.69. The molecule has 0 aliphatic carbocycles. The monoisotopic (exact) mass is 270 g/mol. The fourth-order valence-corrected chi connectivity index (χ4v) is 1.72. The maximum absolute atomic E-state index is 12.1. The van der Waals surface area contributed by atoms with E-state index in [1.54, 1.807) is 36.4 Å². The van der Waals surface area contributed by atoms with Gasteiger partial charge in [0.1, 0.15) is 5.75 Å². The summed E-state index contributed by atoms with van der Waals surface area (Å²) in [6.45, 7) is 2.68. The maximum atomic E-state index is 12.1. The molecule has 0 aromatic heterocycles. The number of benzene rings is 2. The molecular weight excluding hydrogens is 252 g/mol. The average molecular weight is 270 g/mol. The second-order valence-electron chi connectivity index (χ2n) is 4.45. The van der Waals surface area contributed by atoms with Gasteiger partial charge >= 0.3 is 0 Å². The third-order valence-corrected chi connectivity index (χ3v) is 2.74. The normalized spacial score (nSPS) is 10.1. The Labute approximate surface area is 118 Å². The van der Waals surface area contributed by atoms with Crippen molar-refractivity contribution in [3.63, 3.8) is 0 Å². The molecular formula is C16H18N2O2. The van der Waals surface area contributed by atoms with Gasteiger partial charge in [0.05, 0.1) is 6.61 Å². The molecule has 0 aliphatic rings. The summed E-state index contributed by atoms with van der Waals surface area (Å²) in [5, 5.41) is 2.82. The molecule has 0 radical (unpaired) electrons. The number of nitrogens with one attached hydrogen (secondary N) is 1. The van der Waals surface area contributed by atoms with E-state index in [4.69, 9.17) is 10.5 Å². The van der Waals surface area contributed by atoms with Crippen LogP contribution in [0, 0.1) is 0 Å². The Morgan fingerprint density at radius 3 is 2.65 bits per heavy atom. The maximum Gasteiger partial charge on any atom is 0.255 e. The summed E-state index contributed by atoms with van der Waals surface area (Å²) in [4.78, 5) is 12.1. The zero-order chi connectivity index (χ0) is 14.4. The Hall–Kier alpha value is -2.49. The molecule has 2 rings (SSSR count). The van der Waals surface area contributed by atoms with Crippen molar-refractivity contribution in [2.45, 2.75) is 13.3 Å². The molecule has 3 N–H and O–H groups in total. The Kier molecular flexibility index (Phi) is 4.60. The number of carbonyl (C=O) groups is 1. The highest BCUT2D eigenvalue weighted by Gasteiger charge is 2.07. The van der Waals surface area contributed by atoms with Gasteiger partial charge < -0.3 is 15.8 Å². The standard InChI is InChI=1S/C16H18N2O2/c1-2-10-20-15-5-3-4-12(11-15)16(19)18-14-8-6-13(17)7-9-14/h3-9,11H,2,10,17H2,1H3,(H,18,19). The molecule has 1 amide bonds. The molecule has 0 bridgehead atoms. The van der Waals surface area contributed by atoms with E-state index in [2.05, 4.69) is 5.32 Å². The molecule has 0 unspecified atom stereocenters. The fourth-order valence-electron chi connectivity index (χ4n) is 1.72. The predicted molar refractivity (Wildman–Crippen MR) is 81.0 cm³/mol. The fraction of sp³-hybridized carbons (Fsp3) is 0.188. The molecule has 104 valence electrons. The Balaban J connectivity index is 2.06. The highest BCUT2D eigenvalue weighted by molar-refractivity contribution is 6.04. The van der Waals surface area contributed by atoms with E-state index in [1.165, 1.54) is 0 Å². The van der Waals surface area contributed by atoms with E-state index in [0.717, 1.165) is 6.42 Å². The topological polar surface area (TPSA) is 64.3 Å². The molecule has 2 aromatic carbocycles. The Morgan fingerprint density at radius 1 is 1.20 bits per heavy atom. The number of ether oxygens (including phenoxy) is 1. The van der Waals surface area contributed by atoms with Crippen molar-refractivity contribution in [3.05, 3.63) is 54.1 Å². The van der Waals surface area contributed by atoms with Crippen molar-refractivity contribution in [1.82, 2.24) is 0 Å². The number of amides is 1. The zero-order valence-corrected chi connectivity index (χ0v) is 11.4. The smallest absolute Gasteiger partial charge is 0.255 e. The van der Waals surface area contributed by atoms with E-state index >= 15 is 0 Å². The van der Waals surface area contributed by atoms with E-state index in [0.29, 0.717) is 29.3 Å². The number of nitrogens with two attached hydrogens (primary N) is 1. The molecule has 4 heteroatoms. The van der Waals surface area contributed by atoms with Gasteiger partial charge in [-0.2, -0.15) is 0 Å². The van der Waals surface area contributed by atoms with Crippen LogP contribution in [0.5, 0.6) is 5.75 Å². The van der Waals surface area contributed by atoms with Crippen LogP contribution in [0.15, 0.2) is 48.5 Å². The SMILES string of the molecule is CCCOc1cccc(C(=O)Nc2ccc(N)cc2)c1. The first-order valence-corrected chi connectivity index (χ1v) is 6.59. The van der Waals surface area contributed by atoms with Gasteiger partial charge in [-0.25, -0.2) is 0 Å². The summed E-state index contributed by atoms with van der Waals surface area (Å²) in [6, 6.07) is 14.2. The zero-order valence-electron chi connectivity index (χ0n) is 11.4. The van der Waals surface area contributed by atoms with Crippen LogP contribution in [0.3, 0.4) is 0 Å². The van der Waals surface area contributed by atoms with Gasteiger partial charge in [-0.15, -0.1) is 0 Å². The minimum Gasteiger partial charge on any atom is -0.494 e. The van der Waals surface area contributed by atoms with Crippen LogP contribution < -0.4 is 15.8 Å². The second-order valence-corrected chi connectivity index (χ2v) is 4.45. The minimum atomic E-state index is -0.170. The molecule has 0 aliphatic heterocycles. The van der Waals surface area contributed by atoms with Crippen LogP contribution in [0.25, 0.3) is 0 Å². The molecule has 0 fully saturated rings. The van der Waals surface area contributed by atoms with Crippen molar-refractivity contribution < 1.29 is 9.53 Å². The lowest BCUT2D eigenvalue weighted by Gasteiger charge is -2.08. The summed E-state index contributed by atoms with van der Waals surface area (Å²) < 4.78 is 5.52. The Bertz CT molecular complexity index is 579. The van der Waals surface area contributed by atoms with Gasteiger partial charge in [0, 0.05) is 16.9 Å². The highest BCUT2D eigenvalue weighted by atomic mass is 16.5. The van der Waals surface area contributed by atoms with Crippen LogP contribution >= 0.6 is 0 Å². The third kappa shape index (κ3) is 3.75. The first kappa shape index (κ1) is 13.9. The van der Waals surface area contributed by atoms with Gasteiger partial charge in [-0.1, -0.05) is 13.0 Å². The predicted octanol–water partition coefficient (Wildman–Crippen LogP) is 3.31. The third-order valence-electron chi connectivity index (χ3n) is 2.74. The molecule has 0 atom stereocenters. The van der Waals surface area contributed by atoms with Gasteiger partial charge in [-0.05, 0) is 48.9 Å². The summed E-state index contributed by atoms with van der Waals surface area (Å²) in [5.74, 6) is 0.536. The number of carbonyl (C=O) groups excluding carboxylic acids is 1. The van der Waals surface area contributed by atoms with Crippen molar-refractivity contribution in [3.8, 4) is 5.75 Å². The number of rotatable bonds is 5. The number of hydrogen-bond acceptors (Lipinski definition) is 3. The van der Waals surface area contributed by atoms with Crippen molar-refractivity contribution in [2.75, 3.05) is 17.7 Å². The molecule has 2 aromatic rings. The first-order valence-electron chi connectivity index (χ1n) is 6.59. The lowest BCUT2D eigenvalue weighted by molar-refractivity contribution is 0.102. The largest absolute Gasteiger partial charge is 0.494 e.